The van der Waals surface area contributed by atoms with Gasteiger partial charge in [0.15, 0.2) is 5.65 Å². The molecule has 0 radical (unpaired) electrons. The van der Waals surface area contributed by atoms with Crippen molar-refractivity contribution in [2.75, 3.05) is 18.7 Å². The van der Waals surface area contributed by atoms with E-state index in [1.807, 2.05) is 30.5 Å². The summed E-state index contributed by atoms with van der Waals surface area (Å²) in [5.41, 5.74) is 1.65. The van der Waals surface area contributed by atoms with E-state index >= 15 is 0 Å². The van der Waals surface area contributed by atoms with Gasteiger partial charge < -0.3 is 10.1 Å². The summed E-state index contributed by atoms with van der Waals surface area (Å²) < 4.78 is 5.14. The summed E-state index contributed by atoms with van der Waals surface area (Å²) in [4.78, 5) is 8.48. The summed E-state index contributed by atoms with van der Waals surface area (Å²) >= 11 is 1.55. The van der Waals surface area contributed by atoms with Crippen molar-refractivity contribution in [2.24, 2.45) is 0 Å². The third kappa shape index (κ3) is 2.27. The van der Waals surface area contributed by atoms with Gasteiger partial charge in [0, 0.05) is 5.69 Å². The molecule has 0 fully saturated rings. The lowest BCUT2D eigenvalue weighted by Gasteiger charge is -2.07. The number of nitrogens with zero attached hydrogens (tertiary/aromatic N) is 3. The summed E-state index contributed by atoms with van der Waals surface area (Å²) in [5.74, 6) is 1.55. The second-order valence-corrected chi connectivity index (χ2v) is 4.83. The Morgan fingerprint density at radius 3 is 2.70 bits per heavy atom. The number of nitrogens with one attached hydrogen (secondary N) is 2. The SMILES string of the molecule is COc1ccc(Nc2ncnc3[nH]nc(SC)c23)cc1. The summed E-state index contributed by atoms with van der Waals surface area (Å²) in [5, 5.41) is 12.2. The van der Waals surface area contributed by atoms with Crippen LogP contribution in [0.2, 0.25) is 0 Å². The number of hydrogen-bond donors (Lipinski definition) is 2. The van der Waals surface area contributed by atoms with E-state index in [2.05, 4.69) is 25.5 Å². The van der Waals surface area contributed by atoms with Gasteiger partial charge >= 0.3 is 0 Å². The number of fused-ring (bicyclic) bond motifs is 1. The fourth-order valence-corrected chi connectivity index (χ4v) is 2.42. The van der Waals surface area contributed by atoms with Crippen molar-refractivity contribution in [1.29, 1.82) is 0 Å². The van der Waals surface area contributed by atoms with Crippen LogP contribution < -0.4 is 10.1 Å². The quantitative estimate of drug-likeness (QED) is 0.719. The van der Waals surface area contributed by atoms with Crippen LogP contribution in [0, 0.1) is 0 Å². The summed E-state index contributed by atoms with van der Waals surface area (Å²) in [7, 11) is 1.65. The van der Waals surface area contributed by atoms with Gasteiger partial charge in [-0.15, -0.1) is 11.8 Å². The number of hydrogen-bond acceptors (Lipinski definition) is 6. The Bertz CT molecular complexity index is 725. The normalized spacial score (nSPS) is 10.7. The minimum absolute atomic E-state index is 0.723. The zero-order valence-electron chi connectivity index (χ0n) is 11.0. The number of benzene rings is 1. The van der Waals surface area contributed by atoms with Crippen molar-refractivity contribution in [3.63, 3.8) is 0 Å². The lowest BCUT2D eigenvalue weighted by Crippen LogP contribution is -1.95. The van der Waals surface area contributed by atoms with Crippen molar-refractivity contribution in [3.05, 3.63) is 30.6 Å². The molecule has 6 nitrogen and oxygen atoms in total. The molecule has 0 saturated heterocycles. The van der Waals surface area contributed by atoms with Crippen LogP contribution in [-0.2, 0) is 0 Å². The van der Waals surface area contributed by atoms with E-state index in [0.717, 1.165) is 33.3 Å². The first-order valence-electron chi connectivity index (χ1n) is 5.96. The Morgan fingerprint density at radius 2 is 2.00 bits per heavy atom. The molecule has 2 N–H and O–H groups in total. The topological polar surface area (TPSA) is 75.7 Å². The molecule has 2 aromatic heterocycles. The van der Waals surface area contributed by atoms with Crippen molar-refractivity contribution >= 4 is 34.3 Å². The molecule has 3 aromatic rings. The maximum Gasteiger partial charge on any atom is 0.161 e. The molecule has 0 aliphatic carbocycles. The minimum atomic E-state index is 0.723. The highest BCUT2D eigenvalue weighted by Crippen LogP contribution is 2.29. The highest BCUT2D eigenvalue weighted by Gasteiger charge is 2.12. The minimum Gasteiger partial charge on any atom is -0.497 e. The molecule has 0 saturated carbocycles. The van der Waals surface area contributed by atoms with E-state index in [0.29, 0.717) is 0 Å². The highest BCUT2D eigenvalue weighted by molar-refractivity contribution is 7.98. The molecule has 2 heterocycles. The number of thioether (sulfide) groups is 1. The van der Waals surface area contributed by atoms with Crippen LogP contribution in [0.25, 0.3) is 11.0 Å². The Hall–Kier alpha value is -2.28. The van der Waals surface area contributed by atoms with E-state index in [4.69, 9.17) is 4.74 Å². The van der Waals surface area contributed by atoms with Crippen molar-refractivity contribution < 1.29 is 4.74 Å². The lowest BCUT2D eigenvalue weighted by atomic mass is 10.3. The molecule has 0 atom stereocenters. The number of aromatic nitrogens is 4. The Labute approximate surface area is 120 Å². The third-order valence-electron chi connectivity index (χ3n) is 2.87. The van der Waals surface area contributed by atoms with Gasteiger partial charge in [-0.25, -0.2) is 9.97 Å². The second-order valence-electron chi connectivity index (χ2n) is 4.03. The summed E-state index contributed by atoms with van der Waals surface area (Å²) in [6, 6.07) is 7.66. The maximum absolute atomic E-state index is 5.14. The molecule has 0 unspecified atom stereocenters. The average Bonchev–Trinajstić information content (AvgIpc) is 2.92. The molecule has 7 heteroatoms. The van der Waals surface area contributed by atoms with Gasteiger partial charge in [0.2, 0.25) is 0 Å². The largest absolute Gasteiger partial charge is 0.497 e. The average molecular weight is 287 g/mol. The third-order valence-corrected chi connectivity index (χ3v) is 3.55. The molecule has 0 spiro atoms. The zero-order chi connectivity index (χ0) is 13.9. The number of aromatic amines is 1. The van der Waals surface area contributed by atoms with Crippen LogP contribution >= 0.6 is 11.8 Å². The molecule has 1 aromatic carbocycles. The summed E-state index contributed by atoms with van der Waals surface area (Å²) in [6.07, 6.45) is 3.48. The molecule has 102 valence electrons. The van der Waals surface area contributed by atoms with Gasteiger partial charge in [0.05, 0.1) is 12.5 Å². The van der Waals surface area contributed by atoms with E-state index in [1.165, 1.54) is 6.33 Å². The first-order valence-corrected chi connectivity index (χ1v) is 7.18. The predicted octanol–water partition coefficient (Wildman–Crippen LogP) is 2.83. The number of rotatable bonds is 4. The van der Waals surface area contributed by atoms with Gasteiger partial charge in [-0.1, -0.05) is 0 Å². The van der Waals surface area contributed by atoms with Crippen LogP contribution in [0.4, 0.5) is 11.5 Å². The van der Waals surface area contributed by atoms with E-state index in [1.54, 1.807) is 18.9 Å². The maximum atomic E-state index is 5.14. The molecule has 3 rings (SSSR count). The van der Waals surface area contributed by atoms with Gasteiger partial charge in [0.1, 0.15) is 22.9 Å². The molecular weight excluding hydrogens is 274 g/mol. The standard InChI is InChI=1S/C13H13N5OS/c1-19-9-5-3-8(4-6-9)16-11-10-12(15-7-14-11)17-18-13(10)20-2/h3-7H,1-2H3,(H2,14,15,16,17,18). The molecular formula is C13H13N5OS. The molecule has 0 bridgehead atoms. The van der Waals surface area contributed by atoms with Crippen molar-refractivity contribution in [3.8, 4) is 5.75 Å². The highest BCUT2D eigenvalue weighted by atomic mass is 32.2. The summed E-state index contributed by atoms with van der Waals surface area (Å²) in [6.45, 7) is 0. The van der Waals surface area contributed by atoms with Gasteiger partial charge in [-0.05, 0) is 30.5 Å². The fourth-order valence-electron chi connectivity index (χ4n) is 1.89. The lowest BCUT2D eigenvalue weighted by molar-refractivity contribution is 0.415. The Morgan fingerprint density at radius 1 is 1.20 bits per heavy atom. The van der Waals surface area contributed by atoms with Gasteiger partial charge in [-0.3, -0.25) is 5.10 Å². The Balaban J connectivity index is 1.99. The molecule has 20 heavy (non-hydrogen) atoms. The number of methoxy groups -OCH3 is 1. The predicted molar refractivity (Wildman–Crippen MR) is 79.7 cm³/mol. The van der Waals surface area contributed by atoms with Crippen molar-refractivity contribution in [2.45, 2.75) is 5.03 Å². The Kier molecular flexibility index (Phi) is 3.42. The van der Waals surface area contributed by atoms with Crippen LogP contribution in [0.5, 0.6) is 5.75 Å². The van der Waals surface area contributed by atoms with Crippen LogP contribution in [-0.4, -0.2) is 33.5 Å². The number of ether oxygens (including phenoxy) is 1. The van der Waals surface area contributed by atoms with E-state index < -0.39 is 0 Å². The van der Waals surface area contributed by atoms with E-state index in [-0.39, 0.29) is 0 Å². The van der Waals surface area contributed by atoms with E-state index in [9.17, 15) is 0 Å². The number of H-pyrrole nitrogens is 1. The number of anilines is 2. The van der Waals surface area contributed by atoms with Crippen LogP contribution in [0.3, 0.4) is 0 Å². The monoisotopic (exact) mass is 287 g/mol. The van der Waals surface area contributed by atoms with Gasteiger partial charge in [-0.2, -0.15) is 5.10 Å². The van der Waals surface area contributed by atoms with Crippen LogP contribution in [0.1, 0.15) is 0 Å². The van der Waals surface area contributed by atoms with Crippen molar-refractivity contribution in [1.82, 2.24) is 20.2 Å². The van der Waals surface area contributed by atoms with Gasteiger partial charge in [0.25, 0.3) is 0 Å². The second kappa shape index (κ2) is 5.38. The first-order chi connectivity index (χ1) is 9.81. The van der Waals surface area contributed by atoms with Crippen LogP contribution in [0.15, 0.2) is 35.6 Å². The zero-order valence-corrected chi connectivity index (χ0v) is 11.9. The molecule has 0 aliphatic heterocycles. The molecule has 0 aliphatic rings. The molecule has 0 amide bonds. The smallest absolute Gasteiger partial charge is 0.161 e. The first kappa shape index (κ1) is 12.7. The fraction of sp³-hybridized carbons (Fsp3) is 0.154.